The lowest BCUT2D eigenvalue weighted by molar-refractivity contribution is -0.161. The standard InChI is InChI=1S/C56H108O17P2/c1-7-10-12-14-15-20-28-34-40-55(60)72-51(44-66-53(58)38-32-24-13-11-8-2)46-70-74(62,63)68-42-50(57)43-69-75(64,65)71-47-52(45-67-54(59)39-33-27-23-22-26-31-37-49(6)9-3)73-56(61)41-35-29-21-18-16-17-19-25-30-36-48(4)5/h48-52,57H,7-47H2,1-6H3,(H,62,63)(H,64,65)/t49?,50-,51+,52+/m0/s1. The van der Waals surface area contributed by atoms with Crippen LogP contribution in [0, 0.1) is 11.8 Å². The molecular weight excluding hydrogens is 1010 g/mol. The Labute approximate surface area is 454 Å². The number of rotatable bonds is 55. The summed E-state index contributed by atoms with van der Waals surface area (Å²) in [6.45, 7) is 9.25. The molecule has 0 aliphatic heterocycles. The fourth-order valence-electron chi connectivity index (χ4n) is 8.08. The molecule has 0 saturated heterocycles. The number of carbonyl (C=O) groups is 4. The number of hydrogen-bond acceptors (Lipinski definition) is 15. The summed E-state index contributed by atoms with van der Waals surface area (Å²) in [4.78, 5) is 71.5. The summed E-state index contributed by atoms with van der Waals surface area (Å²) in [6.07, 6.45) is 28.4. The predicted octanol–water partition coefficient (Wildman–Crippen LogP) is 14.5. The predicted molar refractivity (Wildman–Crippen MR) is 294 cm³/mol. The van der Waals surface area contributed by atoms with E-state index in [1.807, 2.05) is 0 Å². The molecule has 444 valence electrons. The van der Waals surface area contributed by atoms with E-state index in [4.69, 9.17) is 37.0 Å². The van der Waals surface area contributed by atoms with Crippen LogP contribution >= 0.6 is 15.6 Å². The van der Waals surface area contributed by atoms with Gasteiger partial charge in [0.1, 0.15) is 19.3 Å². The molecule has 0 spiro atoms. The van der Waals surface area contributed by atoms with E-state index in [1.54, 1.807) is 0 Å². The molecule has 75 heavy (non-hydrogen) atoms. The van der Waals surface area contributed by atoms with Crippen molar-refractivity contribution in [1.82, 2.24) is 0 Å². The van der Waals surface area contributed by atoms with Crippen molar-refractivity contribution in [3.63, 3.8) is 0 Å². The monoisotopic (exact) mass is 1110 g/mol. The summed E-state index contributed by atoms with van der Waals surface area (Å²) in [6, 6.07) is 0. The first-order valence-corrected chi connectivity index (χ1v) is 32.5. The van der Waals surface area contributed by atoms with Gasteiger partial charge in [-0.05, 0) is 37.5 Å². The first-order chi connectivity index (χ1) is 35.9. The highest BCUT2D eigenvalue weighted by Gasteiger charge is 2.30. The summed E-state index contributed by atoms with van der Waals surface area (Å²) in [5.41, 5.74) is 0. The van der Waals surface area contributed by atoms with Gasteiger partial charge in [0, 0.05) is 25.7 Å². The number of aliphatic hydroxyl groups excluding tert-OH is 1. The van der Waals surface area contributed by atoms with Crippen LogP contribution in [0.2, 0.25) is 0 Å². The number of phosphoric ester groups is 2. The highest BCUT2D eigenvalue weighted by Crippen LogP contribution is 2.45. The van der Waals surface area contributed by atoms with Gasteiger partial charge in [0.15, 0.2) is 12.2 Å². The highest BCUT2D eigenvalue weighted by atomic mass is 31.2. The van der Waals surface area contributed by atoms with E-state index >= 15 is 0 Å². The number of phosphoric acid groups is 2. The minimum Gasteiger partial charge on any atom is -0.462 e. The topological polar surface area (TPSA) is 237 Å². The summed E-state index contributed by atoms with van der Waals surface area (Å²) >= 11 is 0. The Bertz CT molecular complexity index is 1500. The fraction of sp³-hybridized carbons (Fsp3) is 0.929. The minimum atomic E-state index is -4.93. The molecule has 0 aromatic carbocycles. The molecule has 3 N–H and O–H groups in total. The van der Waals surface area contributed by atoms with Gasteiger partial charge >= 0.3 is 39.5 Å². The Kier molecular flexibility index (Phi) is 47.9. The van der Waals surface area contributed by atoms with E-state index in [1.165, 1.54) is 64.2 Å². The average molecular weight is 1120 g/mol. The first kappa shape index (κ1) is 73.1. The molecule has 0 aromatic rings. The Balaban J connectivity index is 5.19. The second kappa shape index (κ2) is 49.1. The van der Waals surface area contributed by atoms with Crippen LogP contribution in [-0.2, 0) is 65.4 Å². The Morgan fingerprint density at radius 1 is 0.387 bits per heavy atom. The zero-order valence-corrected chi connectivity index (χ0v) is 49.6. The van der Waals surface area contributed by atoms with Crippen LogP contribution in [0.25, 0.3) is 0 Å². The molecule has 0 aromatic heterocycles. The van der Waals surface area contributed by atoms with Gasteiger partial charge in [-0.25, -0.2) is 9.13 Å². The van der Waals surface area contributed by atoms with Crippen molar-refractivity contribution < 1.29 is 80.2 Å². The molecule has 0 bridgehead atoms. The maximum absolute atomic E-state index is 12.9. The molecule has 0 saturated carbocycles. The van der Waals surface area contributed by atoms with Crippen LogP contribution in [0.1, 0.15) is 266 Å². The largest absolute Gasteiger partial charge is 0.472 e. The number of hydrogen-bond donors (Lipinski definition) is 3. The van der Waals surface area contributed by atoms with Crippen molar-refractivity contribution in [2.75, 3.05) is 39.6 Å². The zero-order valence-electron chi connectivity index (χ0n) is 47.8. The molecule has 0 rings (SSSR count). The van der Waals surface area contributed by atoms with Crippen molar-refractivity contribution in [2.45, 2.75) is 285 Å². The van der Waals surface area contributed by atoms with E-state index in [0.717, 1.165) is 121 Å². The Morgan fingerprint density at radius 3 is 1.01 bits per heavy atom. The van der Waals surface area contributed by atoms with Crippen molar-refractivity contribution in [3.8, 4) is 0 Å². The normalized spacial score (nSPS) is 14.9. The third kappa shape index (κ3) is 50.1. The van der Waals surface area contributed by atoms with Gasteiger partial charge in [-0.3, -0.25) is 37.3 Å². The number of ether oxygens (including phenoxy) is 4. The molecule has 0 aliphatic carbocycles. The molecule has 17 nitrogen and oxygen atoms in total. The summed E-state index contributed by atoms with van der Waals surface area (Å²) in [5, 5.41) is 10.5. The number of esters is 4. The molecule has 0 fully saturated rings. The Morgan fingerprint density at radius 2 is 0.680 bits per heavy atom. The third-order valence-corrected chi connectivity index (χ3v) is 15.0. The lowest BCUT2D eigenvalue weighted by Crippen LogP contribution is -2.30. The van der Waals surface area contributed by atoms with Crippen molar-refractivity contribution >= 4 is 39.5 Å². The highest BCUT2D eigenvalue weighted by molar-refractivity contribution is 7.47. The van der Waals surface area contributed by atoms with Gasteiger partial charge in [-0.2, -0.15) is 0 Å². The molecule has 0 aliphatic rings. The SMILES string of the molecule is CCCCCCCCCCC(=O)O[C@H](COC(=O)CCCCCCC)COP(=O)(O)OC[C@H](O)COP(=O)(O)OC[C@@H](COC(=O)CCCCCCCCC(C)CC)OC(=O)CCCCCCCCCCCC(C)C. The lowest BCUT2D eigenvalue weighted by Gasteiger charge is -2.21. The third-order valence-electron chi connectivity index (χ3n) is 13.1. The molecule has 6 atom stereocenters. The van der Waals surface area contributed by atoms with E-state index in [-0.39, 0.29) is 25.7 Å². The van der Waals surface area contributed by atoms with E-state index < -0.39 is 97.5 Å². The minimum absolute atomic E-state index is 0.103. The first-order valence-electron chi connectivity index (χ1n) is 29.5. The van der Waals surface area contributed by atoms with Crippen LogP contribution in [0.15, 0.2) is 0 Å². The van der Waals surface area contributed by atoms with Gasteiger partial charge in [0.05, 0.1) is 26.4 Å². The quantitative estimate of drug-likeness (QED) is 0.0222. The molecule has 0 amide bonds. The Hall–Kier alpha value is -1.94. The van der Waals surface area contributed by atoms with Gasteiger partial charge < -0.3 is 33.8 Å². The second-order valence-electron chi connectivity index (χ2n) is 21.0. The molecule has 0 heterocycles. The maximum atomic E-state index is 12.9. The summed E-state index contributed by atoms with van der Waals surface area (Å²) < 4.78 is 67.4. The van der Waals surface area contributed by atoms with Crippen LogP contribution in [0.5, 0.6) is 0 Å². The van der Waals surface area contributed by atoms with Crippen molar-refractivity contribution in [3.05, 3.63) is 0 Å². The average Bonchev–Trinajstić information content (AvgIpc) is 3.37. The number of carbonyl (C=O) groups excluding carboxylic acids is 4. The van der Waals surface area contributed by atoms with Gasteiger partial charge in [0.25, 0.3) is 0 Å². The second-order valence-corrected chi connectivity index (χ2v) is 23.9. The van der Waals surface area contributed by atoms with Gasteiger partial charge in [0.2, 0.25) is 0 Å². The van der Waals surface area contributed by atoms with Crippen molar-refractivity contribution in [1.29, 1.82) is 0 Å². The molecule has 19 heteroatoms. The zero-order chi connectivity index (χ0) is 55.8. The van der Waals surface area contributed by atoms with E-state index in [9.17, 15) is 43.2 Å². The number of unbranched alkanes of at least 4 members (excludes halogenated alkanes) is 24. The van der Waals surface area contributed by atoms with Crippen LogP contribution in [0.3, 0.4) is 0 Å². The van der Waals surface area contributed by atoms with Gasteiger partial charge in [-0.1, -0.05) is 215 Å². The summed E-state index contributed by atoms with van der Waals surface area (Å²) in [7, 11) is -9.86. The van der Waals surface area contributed by atoms with Gasteiger partial charge in [-0.15, -0.1) is 0 Å². The van der Waals surface area contributed by atoms with E-state index in [0.29, 0.717) is 25.7 Å². The number of aliphatic hydroxyl groups is 1. The summed E-state index contributed by atoms with van der Waals surface area (Å²) in [5.74, 6) is -0.693. The smallest absolute Gasteiger partial charge is 0.462 e. The molecule has 3 unspecified atom stereocenters. The van der Waals surface area contributed by atoms with Crippen molar-refractivity contribution in [2.24, 2.45) is 11.8 Å². The van der Waals surface area contributed by atoms with E-state index in [2.05, 4.69) is 41.5 Å². The van der Waals surface area contributed by atoms with Crippen LogP contribution < -0.4 is 0 Å². The molecule has 0 radical (unpaired) electrons. The lowest BCUT2D eigenvalue weighted by atomic mass is 10.00. The fourth-order valence-corrected chi connectivity index (χ4v) is 9.66. The molecular formula is C56H108O17P2. The maximum Gasteiger partial charge on any atom is 0.472 e. The van der Waals surface area contributed by atoms with Crippen LogP contribution in [-0.4, -0.2) is 96.7 Å². The van der Waals surface area contributed by atoms with Crippen LogP contribution in [0.4, 0.5) is 0 Å².